The first-order valence-electron chi connectivity index (χ1n) is 11.8. The Kier molecular flexibility index (Phi) is 5.85. The van der Waals surface area contributed by atoms with Crippen molar-refractivity contribution in [1.82, 2.24) is 4.98 Å². The molecule has 4 aromatic rings. The summed E-state index contributed by atoms with van der Waals surface area (Å²) in [4.78, 5) is 20.2. The molecule has 2 aromatic carbocycles. The van der Waals surface area contributed by atoms with E-state index >= 15 is 0 Å². The summed E-state index contributed by atoms with van der Waals surface area (Å²) >= 11 is 6.69. The Morgan fingerprint density at radius 1 is 1.11 bits per heavy atom. The topological polar surface area (TPSA) is 105 Å². The smallest absolute Gasteiger partial charge is 0.344 e. The Morgan fingerprint density at radius 3 is 2.53 bits per heavy atom. The van der Waals surface area contributed by atoms with E-state index in [1.165, 1.54) is 0 Å². The van der Waals surface area contributed by atoms with Gasteiger partial charge in [-0.25, -0.2) is 9.78 Å². The third-order valence-electron chi connectivity index (χ3n) is 6.88. The van der Waals surface area contributed by atoms with Gasteiger partial charge in [0.2, 0.25) is 5.88 Å². The van der Waals surface area contributed by atoms with Crippen LogP contribution < -0.4 is 21.0 Å². The number of nitriles is 1. The fourth-order valence-electron chi connectivity index (χ4n) is 4.93. The van der Waals surface area contributed by atoms with Crippen molar-refractivity contribution in [3.05, 3.63) is 85.7 Å². The fraction of sp³-hybridized carbons (Fsp3) is 0.250. The lowest BCUT2D eigenvalue weighted by atomic mass is 9.83. The van der Waals surface area contributed by atoms with Crippen LogP contribution in [-0.2, 0) is 0 Å². The normalized spacial score (nSPS) is 15.1. The number of nitrogens with two attached hydrogens (primary N) is 1. The molecule has 0 bridgehead atoms. The van der Waals surface area contributed by atoms with Crippen molar-refractivity contribution in [2.45, 2.75) is 33.6 Å². The number of hydrogen-bond acceptors (Lipinski definition) is 7. The molecule has 0 spiro atoms. The summed E-state index contributed by atoms with van der Waals surface area (Å²) in [5.74, 6) is -0.691. The molecule has 0 saturated heterocycles. The van der Waals surface area contributed by atoms with E-state index in [2.05, 4.69) is 29.8 Å². The van der Waals surface area contributed by atoms with Crippen LogP contribution in [0.1, 0.15) is 42.0 Å². The van der Waals surface area contributed by atoms with Crippen LogP contribution in [0.4, 0.5) is 5.69 Å². The maximum Gasteiger partial charge on any atom is 0.344 e. The molecule has 0 fully saturated rings. The number of nitrogens with zero attached hydrogens (tertiary/aromatic N) is 3. The zero-order chi connectivity index (χ0) is 25.7. The average Bonchev–Trinajstić information content (AvgIpc) is 2.86. The Labute approximate surface area is 213 Å². The summed E-state index contributed by atoms with van der Waals surface area (Å²) in [5.41, 5.74) is 10.4. The summed E-state index contributed by atoms with van der Waals surface area (Å²) in [6.07, 6.45) is 0. The fourth-order valence-corrected chi connectivity index (χ4v) is 5.18. The Balaban J connectivity index is 1.81. The number of aryl methyl sites for hydroxylation is 2. The molecule has 1 aliphatic rings. The van der Waals surface area contributed by atoms with E-state index in [1.807, 2.05) is 50.2 Å². The van der Waals surface area contributed by atoms with E-state index in [0.29, 0.717) is 16.5 Å². The van der Waals surface area contributed by atoms with Crippen molar-refractivity contribution in [1.29, 1.82) is 5.26 Å². The summed E-state index contributed by atoms with van der Waals surface area (Å²) in [6, 6.07) is 13.6. The Hall–Kier alpha value is -4.02. The van der Waals surface area contributed by atoms with Gasteiger partial charge in [-0.1, -0.05) is 23.7 Å². The molecule has 2 aromatic heterocycles. The number of pyridine rings is 1. The average molecular weight is 501 g/mol. The van der Waals surface area contributed by atoms with Crippen molar-refractivity contribution in [2.75, 3.05) is 18.0 Å². The lowest BCUT2D eigenvalue weighted by molar-refractivity contribution is 0.388. The van der Waals surface area contributed by atoms with Gasteiger partial charge in [-0.05, 0) is 57.0 Å². The van der Waals surface area contributed by atoms with E-state index in [9.17, 15) is 10.1 Å². The van der Waals surface area contributed by atoms with E-state index in [1.54, 1.807) is 0 Å². The zero-order valence-corrected chi connectivity index (χ0v) is 21.2. The lowest BCUT2D eigenvalue weighted by Gasteiger charge is -2.27. The molecule has 5 rings (SSSR count). The lowest BCUT2D eigenvalue weighted by Crippen LogP contribution is -2.27. The molecule has 2 N–H and O–H groups in total. The van der Waals surface area contributed by atoms with Crippen LogP contribution in [0.15, 0.2) is 57.1 Å². The van der Waals surface area contributed by atoms with Crippen molar-refractivity contribution >= 4 is 39.2 Å². The minimum Gasteiger partial charge on any atom is -0.439 e. The van der Waals surface area contributed by atoms with Crippen LogP contribution in [0.2, 0.25) is 5.15 Å². The number of benzene rings is 2. The van der Waals surface area contributed by atoms with Gasteiger partial charge in [0.25, 0.3) is 0 Å². The summed E-state index contributed by atoms with van der Waals surface area (Å²) in [5, 5.41) is 11.7. The molecule has 1 aliphatic heterocycles. The monoisotopic (exact) mass is 500 g/mol. The van der Waals surface area contributed by atoms with Gasteiger partial charge in [-0.15, -0.1) is 0 Å². The first kappa shape index (κ1) is 23.7. The highest BCUT2D eigenvalue weighted by Gasteiger charge is 2.37. The molecular weight excluding hydrogens is 476 g/mol. The minimum absolute atomic E-state index is 0.0770. The highest BCUT2D eigenvalue weighted by Crippen LogP contribution is 2.46. The SMILES string of the molecule is CCN(CC)c1ccc2c3c(c(=O)oc2c1)[C@@H](c1cc2c(C)ccc(C)c2nc1Cl)C(C#N)=C(N)O3. The molecule has 8 heteroatoms. The summed E-state index contributed by atoms with van der Waals surface area (Å²) in [6.45, 7) is 9.67. The first-order valence-corrected chi connectivity index (χ1v) is 12.2. The van der Waals surface area contributed by atoms with Gasteiger partial charge in [-0.3, -0.25) is 0 Å². The quantitative estimate of drug-likeness (QED) is 0.284. The molecule has 3 heterocycles. The number of halogens is 1. The molecular formula is C28H25ClN4O3. The Morgan fingerprint density at radius 2 is 1.83 bits per heavy atom. The second-order valence-electron chi connectivity index (χ2n) is 8.87. The van der Waals surface area contributed by atoms with Crippen LogP contribution in [0, 0.1) is 25.2 Å². The number of aromatic nitrogens is 1. The zero-order valence-electron chi connectivity index (χ0n) is 20.5. The van der Waals surface area contributed by atoms with E-state index in [-0.39, 0.29) is 27.9 Å². The van der Waals surface area contributed by atoms with Gasteiger partial charge in [-0.2, -0.15) is 5.26 Å². The molecule has 182 valence electrons. The van der Waals surface area contributed by atoms with Crippen LogP contribution in [0.25, 0.3) is 21.9 Å². The van der Waals surface area contributed by atoms with Gasteiger partial charge >= 0.3 is 5.63 Å². The maximum atomic E-state index is 13.4. The van der Waals surface area contributed by atoms with Gasteiger partial charge in [0.1, 0.15) is 22.4 Å². The molecule has 0 amide bonds. The number of allylic oxidation sites excluding steroid dienone is 1. The molecule has 0 saturated carbocycles. The molecule has 1 atom stereocenters. The molecule has 0 radical (unpaired) electrons. The van der Waals surface area contributed by atoms with Gasteiger partial charge in [0.15, 0.2) is 5.75 Å². The summed E-state index contributed by atoms with van der Waals surface area (Å²) < 4.78 is 11.7. The molecule has 7 nitrogen and oxygen atoms in total. The summed E-state index contributed by atoms with van der Waals surface area (Å²) in [7, 11) is 0. The van der Waals surface area contributed by atoms with E-state index < -0.39 is 11.5 Å². The molecule has 0 unspecified atom stereocenters. The van der Waals surface area contributed by atoms with Crippen LogP contribution >= 0.6 is 11.6 Å². The number of anilines is 1. The number of ether oxygens (including phenoxy) is 1. The van der Waals surface area contributed by atoms with Gasteiger partial charge < -0.3 is 19.8 Å². The third kappa shape index (κ3) is 3.57. The Bertz CT molecular complexity index is 1680. The highest BCUT2D eigenvalue weighted by atomic mass is 35.5. The van der Waals surface area contributed by atoms with Gasteiger partial charge in [0.05, 0.1) is 22.4 Å². The second-order valence-corrected chi connectivity index (χ2v) is 9.23. The number of rotatable bonds is 4. The van der Waals surface area contributed by atoms with E-state index in [4.69, 9.17) is 26.5 Å². The van der Waals surface area contributed by atoms with Crippen LogP contribution in [0.3, 0.4) is 0 Å². The van der Waals surface area contributed by atoms with Crippen LogP contribution in [-0.4, -0.2) is 18.1 Å². The van der Waals surface area contributed by atoms with Crippen molar-refractivity contribution < 1.29 is 9.15 Å². The van der Waals surface area contributed by atoms with E-state index in [0.717, 1.165) is 40.8 Å². The number of fused-ring (bicyclic) bond motifs is 4. The molecule has 0 aliphatic carbocycles. The molecule has 36 heavy (non-hydrogen) atoms. The van der Waals surface area contributed by atoms with Gasteiger partial charge in [0, 0.05) is 35.8 Å². The van der Waals surface area contributed by atoms with Crippen molar-refractivity contribution in [3.63, 3.8) is 0 Å². The maximum absolute atomic E-state index is 13.4. The third-order valence-corrected chi connectivity index (χ3v) is 7.18. The van der Waals surface area contributed by atoms with Crippen molar-refractivity contribution in [2.24, 2.45) is 5.73 Å². The first-order chi connectivity index (χ1) is 17.3. The predicted octanol–water partition coefficient (Wildman–Crippen LogP) is 5.68. The second kappa shape index (κ2) is 8.89. The largest absolute Gasteiger partial charge is 0.439 e. The minimum atomic E-state index is -0.883. The van der Waals surface area contributed by atoms with Crippen LogP contribution in [0.5, 0.6) is 5.75 Å². The van der Waals surface area contributed by atoms with Crippen molar-refractivity contribution in [3.8, 4) is 11.8 Å². The highest BCUT2D eigenvalue weighted by molar-refractivity contribution is 6.30. The number of hydrogen-bond donors (Lipinski definition) is 1. The predicted molar refractivity (Wildman–Crippen MR) is 142 cm³/mol. The standard InChI is InChI=1S/C28H25ClN4O3/c1-5-33(6-2)16-9-10-17-21(11-16)35-28(34)23-22(20(13-30)27(31)36-25(17)23)19-12-18-14(3)7-8-15(4)24(18)32-26(19)29/h7-12,22H,5-6,31H2,1-4H3/t22-/m0/s1.